The van der Waals surface area contributed by atoms with Gasteiger partial charge in [0.1, 0.15) is 6.33 Å². The molecule has 7 heteroatoms. The normalized spacial score (nSPS) is 15.0. The molecule has 7 nitrogen and oxygen atoms in total. The van der Waals surface area contributed by atoms with Crippen LogP contribution in [0.1, 0.15) is 20.3 Å². The summed E-state index contributed by atoms with van der Waals surface area (Å²) in [6, 6.07) is 0. The summed E-state index contributed by atoms with van der Waals surface area (Å²) in [7, 11) is 1.63. The second-order valence-corrected chi connectivity index (χ2v) is 5.00. The van der Waals surface area contributed by atoms with Crippen LogP contribution in [0, 0.1) is 0 Å². The number of nitrogens with zero attached hydrogens (tertiary/aromatic N) is 4. The van der Waals surface area contributed by atoms with E-state index in [9.17, 15) is 4.79 Å². The largest absolute Gasteiger partial charge is 0.490 e. The summed E-state index contributed by atoms with van der Waals surface area (Å²) >= 11 is 0. The lowest BCUT2D eigenvalue weighted by molar-refractivity contribution is -0.129. The molecule has 1 aliphatic heterocycles. The van der Waals surface area contributed by atoms with Crippen molar-refractivity contribution in [1.29, 1.82) is 0 Å². The van der Waals surface area contributed by atoms with Crippen LogP contribution in [-0.4, -0.2) is 60.6 Å². The summed E-state index contributed by atoms with van der Waals surface area (Å²) in [5.41, 5.74) is 0. The third-order valence-electron chi connectivity index (χ3n) is 3.56. The van der Waals surface area contributed by atoms with E-state index in [2.05, 4.69) is 27.1 Å². The van der Waals surface area contributed by atoms with Crippen LogP contribution in [0.5, 0.6) is 5.75 Å². The lowest BCUT2D eigenvalue weighted by Gasteiger charge is -2.35. The molecule has 2 rings (SSSR count). The van der Waals surface area contributed by atoms with Crippen LogP contribution in [0.25, 0.3) is 0 Å². The first kappa shape index (κ1) is 15.3. The van der Waals surface area contributed by atoms with Gasteiger partial charge in [0.25, 0.3) is 0 Å². The Morgan fingerprint density at radius 2 is 2.05 bits per heavy atom. The van der Waals surface area contributed by atoms with Crippen LogP contribution in [0.2, 0.25) is 0 Å². The topological polar surface area (TPSA) is 70.6 Å². The Labute approximate surface area is 125 Å². The van der Waals surface area contributed by atoms with Gasteiger partial charge in [-0.2, -0.15) is 0 Å². The molecular formula is C14H23N5O2. The van der Waals surface area contributed by atoms with E-state index in [1.807, 2.05) is 4.90 Å². The van der Waals surface area contributed by atoms with Crippen LogP contribution < -0.4 is 15.0 Å². The Hall–Kier alpha value is -2.05. The fourth-order valence-electron chi connectivity index (χ4n) is 2.38. The van der Waals surface area contributed by atoms with Gasteiger partial charge in [0.15, 0.2) is 11.6 Å². The van der Waals surface area contributed by atoms with Crippen molar-refractivity contribution in [3.05, 3.63) is 6.33 Å². The first-order valence-corrected chi connectivity index (χ1v) is 7.30. The maximum absolute atomic E-state index is 11.4. The molecule has 0 radical (unpaired) electrons. The van der Waals surface area contributed by atoms with Crippen LogP contribution in [0.15, 0.2) is 6.33 Å². The van der Waals surface area contributed by atoms with Crippen molar-refractivity contribution in [2.24, 2.45) is 0 Å². The van der Waals surface area contributed by atoms with Gasteiger partial charge < -0.3 is 19.9 Å². The zero-order valence-corrected chi connectivity index (χ0v) is 12.9. The molecular weight excluding hydrogens is 270 g/mol. The lowest BCUT2D eigenvalue weighted by Crippen LogP contribution is -2.48. The van der Waals surface area contributed by atoms with Crippen molar-refractivity contribution in [1.82, 2.24) is 14.9 Å². The van der Waals surface area contributed by atoms with Crippen molar-refractivity contribution < 1.29 is 9.53 Å². The molecule has 1 amide bonds. The number of hydrogen-bond donors (Lipinski definition) is 1. The molecule has 116 valence electrons. The van der Waals surface area contributed by atoms with E-state index in [0.29, 0.717) is 18.8 Å². The molecule has 0 aliphatic carbocycles. The molecule has 1 saturated heterocycles. The Morgan fingerprint density at radius 1 is 1.33 bits per heavy atom. The van der Waals surface area contributed by atoms with Crippen molar-refractivity contribution >= 4 is 17.5 Å². The van der Waals surface area contributed by atoms with E-state index >= 15 is 0 Å². The van der Waals surface area contributed by atoms with Crippen molar-refractivity contribution in [2.45, 2.75) is 20.3 Å². The number of anilines is 2. The van der Waals surface area contributed by atoms with Gasteiger partial charge >= 0.3 is 0 Å². The molecule has 0 aromatic carbocycles. The maximum Gasteiger partial charge on any atom is 0.219 e. The molecule has 1 fully saturated rings. The Bertz CT molecular complexity index is 486. The minimum absolute atomic E-state index is 0.120. The molecule has 0 atom stereocenters. The quantitative estimate of drug-likeness (QED) is 0.872. The molecule has 0 saturated carbocycles. The smallest absolute Gasteiger partial charge is 0.219 e. The zero-order chi connectivity index (χ0) is 15.2. The molecule has 1 aromatic heterocycles. The molecule has 1 aliphatic rings. The predicted molar refractivity (Wildman–Crippen MR) is 81.8 cm³/mol. The highest BCUT2D eigenvalue weighted by molar-refractivity contribution is 5.73. The second kappa shape index (κ2) is 7.10. The molecule has 0 unspecified atom stereocenters. The molecule has 1 aromatic rings. The first-order chi connectivity index (χ1) is 10.2. The second-order valence-electron chi connectivity index (χ2n) is 5.00. The molecule has 1 N–H and O–H groups in total. The van der Waals surface area contributed by atoms with Gasteiger partial charge in [0.05, 0.1) is 7.11 Å². The summed E-state index contributed by atoms with van der Waals surface area (Å²) in [5, 5.41) is 3.25. The van der Waals surface area contributed by atoms with Crippen LogP contribution in [-0.2, 0) is 4.79 Å². The van der Waals surface area contributed by atoms with E-state index in [0.717, 1.165) is 37.7 Å². The number of amides is 1. The minimum atomic E-state index is 0.120. The molecule has 2 heterocycles. The van der Waals surface area contributed by atoms with Gasteiger partial charge in [-0.1, -0.05) is 6.92 Å². The molecule has 0 spiro atoms. The van der Waals surface area contributed by atoms with Gasteiger partial charge in [-0.3, -0.25) is 4.79 Å². The summed E-state index contributed by atoms with van der Waals surface area (Å²) in [6.07, 6.45) is 2.56. The minimum Gasteiger partial charge on any atom is -0.490 e. The standard InChI is InChI=1S/C14H23N5O2/c1-4-5-15-13-12(21-3)14(17-10-16-13)19-8-6-18(7-9-19)11(2)20/h10H,4-9H2,1-3H3,(H,15,16,17). The SMILES string of the molecule is CCCNc1ncnc(N2CCN(C(C)=O)CC2)c1OC. The fourth-order valence-corrected chi connectivity index (χ4v) is 2.38. The average molecular weight is 293 g/mol. The van der Waals surface area contributed by atoms with Gasteiger partial charge in [0, 0.05) is 39.6 Å². The van der Waals surface area contributed by atoms with Gasteiger partial charge in [-0.15, -0.1) is 0 Å². The number of piperazine rings is 1. The highest BCUT2D eigenvalue weighted by Gasteiger charge is 2.23. The molecule has 0 bridgehead atoms. The van der Waals surface area contributed by atoms with Crippen LogP contribution in [0.3, 0.4) is 0 Å². The Morgan fingerprint density at radius 3 is 2.62 bits per heavy atom. The lowest BCUT2D eigenvalue weighted by atomic mass is 10.3. The Balaban J connectivity index is 2.14. The highest BCUT2D eigenvalue weighted by atomic mass is 16.5. The third-order valence-corrected chi connectivity index (χ3v) is 3.56. The van der Waals surface area contributed by atoms with Gasteiger partial charge in [-0.05, 0) is 6.42 Å². The van der Waals surface area contributed by atoms with E-state index < -0.39 is 0 Å². The average Bonchev–Trinajstić information content (AvgIpc) is 2.52. The highest BCUT2D eigenvalue weighted by Crippen LogP contribution is 2.32. The van der Waals surface area contributed by atoms with Crippen molar-refractivity contribution in [2.75, 3.05) is 50.1 Å². The van der Waals surface area contributed by atoms with Crippen LogP contribution >= 0.6 is 0 Å². The number of hydrogen-bond acceptors (Lipinski definition) is 6. The number of ether oxygens (including phenoxy) is 1. The number of rotatable bonds is 5. The van der Waals surface area contributed by atoms with Crippen molar-refractivity contribution in [3.63, 3.8) is 0 Å². The third kappa shape index (κ3) is 3.53. The fraction of sp³-hybridized carbons (Fsp3) is 0.643. The van der Waals surface area contributed by atoms with E-state index in [-0.39, 0.29) is 5.91 Å². The zero-order valence-electron chi connectivity index (χ0n) is 12.9. The monoisotopic (exact) mass is 293 g/mol. The van der Waals surface area contributed by atoms with Crippen LogP contribution in [0.4, 0.5) is 11.6 Å². The van der Waals surface area contributed by atoms with Gasteiger partial charge in [0.2, 0.25) is 11.7 Å². The number of nitrogens with one attached hydrogen (secondary N) is 1. The summed E-state index contributed by atoms with van der Waals surface area (Å²) in [5.74, 6) is 2.30. The first-order valence-electron chi connectivity index (χ1n) is 7.30. The van der Waals surface area contributed by atoms with Gasteiger partial charge in [-0.25, -0.2) is 9.97 Å². The molecule has 21 heavy (non-hydrogen) atoms. The number of aromatic nitrogens is 2. The predicted octanol–water partition coefficient (Wildman–Crippen LogP) is 0.976. The van der Waals surface area contributed by atoms with E-state index in [1.54, 1.807) is 20.4 Å². The number of methoxy groups -OCH3 is 1. The van der Waals surface area contributed by atoms with E-state index in [4.69, 9.17) is 4.74 Å². The Kier molecular flexibility index (Phi) is 5.19. The summed E-state index contributed by atoms with van der Waals surface area (Å²) < 4.78 is 5.49. The summed E-state index contributed by atoms with van der Waals surface area (Å²) in [6.45, 7) is 7.46. The van der Waals surface area contributed by atoms with E-state index in [1.165, 1.54) is 0 Å². The van der Waals surface area contributed by atoms with Crippen molar-refractivity contribution in [3.8, 4) is 5.75 Å². The number of carbonyl (C=O) groups excluding carboxylic acids is 1. The number of carbonyl (C=O) groups is 1. The maximum atomic E-state index is 11.4. The summed E-state index contributed by atoms with van der Waals surface area (Å²) in [4.78, 5) is 24.0.